The minimum Gasteiger partial charge on any atom is -0.487 e. The number of fused-ring (bicyclic) bond motifs is 3. The summed E-state index contributed by atoms with van der Waals surface area (Å²) in [5, 5.41) is 8.33. The lowest BCUT2D eigenvalue weighted by Gasteiger charge is -2.24. The molecular formula is C23H20Cl2N2O. The van der Waals surface area contributed by atoms with Crippen molar-refractivity contribution in [3.63, 3.8) is 0 Å². The average Bonchev–Trinajstić information content (AvgIpc) is 3.08. The van der Waals surface area contributed by atoms with E-state index in [4.69, 9.17) is 27.9 Å². The first-order chi connectivity index (χ1) is 13.7. The van der Waals surface area contributed by atoms with Crippen LogP contribution < -0.4 is 15.4 Å². The Balaban J connectivity index is 1.64. The Hall–Kier alpha value is -2.20. The van der Waals surface area contributed by atoms with Crippen molar-refractivity contribution in [3.8, 4) is 16.9 Å². The molecule has 0 amide bonds. The molecule has 2 atom stereocenters. The lowest BCUT2D eigenvalue weighted by Crippen LogP contribution is -2.37. The molecule has 5 heteroatoms. The van der Waals surface area contributed by atoms with Crippen LogP contribution in [-0.2, 0) is 0 Å². The molecule has 0 saturated carbocycles. The lowest BCUT2D eigenvalue weighted by atomic mass is 9.89. The van der Waals surface area contributed by atoms with E-state index in [1.54, 1.807) is 6.07 Å². The zero-order chi connectivity index (χ0) is 19.1. The standard InChI is InChI=1S/C23H20Cl2N2O/c24-15-6-7-17(20(25)12-15)14-10-18-19-13-26-9-8-22(19)28-23(18)21(11-14)27-16-4-2-1-3-5-16/h1-7,10-12,19,22,26-27H,8-9,13H2/t19-,22-/m0/s1. The van der Waals surface area contributed by atoms with Crippen LogP contribution in [0.15, 0.2) is 60.7 Å². The molecule has 142 valence electrons. The second-order valence-electron chi connectivity index (χ2n) is 7.31. The average molecular weight is 411 g/mol. The molecule has 0 aliphatic carbocycles. The Kier molecular flexibility index (Phi) is 4.67. The molecule has 0 unspecified atom stereocenters. The second-order valence-corrected chi connectivity index (χ2v) is 8.16. The topological polar surface area (TPSA) is 33.3 Å². The van der Waals surface area contributed by atoms with E-state index in [1.807, 2.05) is 30.3 Å². The van der Waals surface area contributed by atoms with E-state index in [0.717, 1.165) is 47.8 Å². The van der Waals surface area contributed by atoms with Crippen LogP contribution >= 0.6 is 23.2 Å². The summed E-state index contributed by atoms with van der Waals surface area (Å²) in [4.78, 5) is 0. The first-order valence-corrected chi connectivity index (χ1v) is 10.3. The predicted octanol–water partition coefficient (Wildman–Crippen LogP) is 6.24. The molecule has 28 heavy (non-hydrogen) atoms. The molecule has 3 aromatic carbocycles. The highest BCUT2D eigenvalue weighted by Crippen LogP contribution is 2.48. The zero-order valence-corrected chi connectivity index (χ0v) is 16.7. The molecule has 2 N–H and O–H groups in total. The maximum Gasteiger partial charge on any atom is 0.146 e. The van der Waals surface area contributed by atoms with E-state index >= 15 is 0 Å². The van der Waals surface area contributed by atoms with Crippen molar-refractivity contribution in [1.29, 1.82) is 0 Å². The minimum atomic E-state index is 0.225. The highest BCUT2D eigenvalue weighted by molar-refractivity contribution is 6.36. The van der Waals surface area contributed by atoms with E-state index in [1.165, 1.54) is 5.56 Å². The van der Waals surface area contributed by atoms with E-state index in [0.29, 0.717) is 16.0 Å². The van der Waals surface area contributed by atoms with Gasteiger partial charge in [0.2, 0.25) is 0 Å². The monoisotopic (exact) mass is 410 g/mol. The molecule has 1 fully saturated rings. The first kappa shape index (κ1) is 17.9. The molecule has 0 bridgehead atoms. The predicted molar refractivity (Wildman–Crippen MR) is 116 cm³/mol. The molecular weight excluding hydrogens is 391 g/mol. The molecule has 5 rings (SSSR count). The lowest BCUT2D eigenvalue weighted by molar-refractivity contribution is 0.173. The number of hydrogen-bond acceptors (Lipinski definition) is 3. The van der Waals surface area contributed by atoms with Crippen molar-refractivity contribution in [1.82, 2.24) is 5.32 Å². The molecule has 2 aliphatic heterocycles. The third kappa shape index (κ3) is 3.24. The maximum absolute atomic E-state index is 6.52. The van der Waals surface area contributed by atoms with Gasteiger partial charge in [0.05, 0.1) is 5.69 Å². The molecule has 0 spiro atoms. The second kappa shape index (κ2) is 7.32. The van der Waals surface area contributed by atoms with Gasteiger partial charge >= 0.3 is 0 Å². The van der Waals surface area contributed by atoms with Crippen LogP contribution in [0, 0.1) is 0 Å². The van der Waals surface area contributed by atoms with Crippen LogP contribution in [-0.4, -0.2) is 19.2 Å². The largest absolute Gasteiger partial charge is 0.487 e. The van der Waals surface area contributed by atoms with Crippen LogP contribution in [0.4, 0.5) is 11.4 Å². The van der Waals surface area contributed by atoms with Crippen molar-refractivity contribution < 1.29 is 4.74 Å². The number of ether oxygens (including phenoxy) is 1. The molecule has 2 heterocycles. The third-order valence-electron chi connectivity index (χ3n) is 5.50. The van der Waals surface area contributed by atoms with Gasteiger partial charge in [0.1, 0.15) is 11.9 Å². The number of anilines is 2. The summed E-state index contributed by atoms with van der Waals surface area (Å²) in [5.41, 5.74) is 5.27. The van der Waals surface area contributed by atoms with Crippen molar-refractivity contribution in [2.24, 2.45) is 0 Å². The van der Waals surface area contributed by atoms with Gasteiger partial charge in [-0.25, -0.2) is 0 Å². The molecule has 0 radical (unpaired) electrons. The van der Waals surface area contributed by atoms with Gasteiger partial charge in [-0.3, -0.25) is 0 Å². The quantitative estimate of drug-likeness (QED) is 0.535. The zero-order valence-electron chi connectivity index (χ0n) is 15.2. The fourth-order valence-corrected chi connectivity index (χ4v) is 4.66. The van der Waals surface area contributed by atoms with Gasteiger partial charge in [0.25, 0.3) is 0 Å². The number of nitrogens with one attached hydrogen (secondary N) is 2. The van der Waals surface area contributed by atoms with Gasteiger partial charge in [-0.1, -0.05) is 47.5 Å². The molecule has 3 nitrogen and oxygen atoms in total. The van der Waals surface area contributed by atoms with Gasteiger partial charge in [-0.05, 0) is 54.9 Å². The van der Waals surface area contributed by atoms with Gasteiger partial charge in [-0.15, -0.1) is 0 Å². The number of halogens is 2. The van der Waals surface area contributed by atoms with Crippen LogP contribution in [0.5, 0.6) is 5.75 Å². The Labute approximate surface area is 174 Å². The number of hydrogen-bond donors (Lipinski definition) is 2. The van der Waals surface area contributed by atoms with Gasteiger partial charge in [-0.2, -0.15) is 0 Å². The normalized spacial score (nSPS) is 20.2. The van der Waals surface area contributed by atoms with Crippen LogP contribution in [0.2, 0.25) is 10.0 Å². The van der Waals surface area contributed by atoms with Crippen molar-refractivity contribution in [2.75, 3.05) is 18.4 Å². The fourth-order valence-electron chi connectivity index (χ4n) is 4.14. The van der Waals surface area contributed by atoms with E-state index < -0.39 is 0 Å². The van der Waals surface area contributed by atoms with Crippen molar-refractivity contribution in [2.45, 2.75) is 18.4 Å². The van der Waals surface area contributed by atoms with Gasteiger partial charge in [0, 0.05) is 39.3 Å². The number of benzene rings is 3. The summed E-state index contributed by atoms with van der Waals surface area (Å²) in [6.45, 7) is 1.92. The van der Waals surface area contributed by atoms with Gasteiger partial charge in [0.15, 0.2) is 0 Å². The number of rotatable bonds is 3. The highest BCUT2D eigenvalue weighted by Gasteiger charge is 2.38. The van der Waals surface area contributed by atoms with E-state index in [-0.39, 0.29) is 6.10 Å². The molecule has 3 aromatic rings. The van der Waals surface area contributed by atoms with Crippen LogP contribution in [0.3, 0.4) is 0 Å². The Bertz CT molecular complexity index is 1020. The third-order valence-corrected chi connectivity index (χ3v) is 6.05. The summed E-state index contributed by atoms with van der Waals surface area (Å²) in [6.07, 6.45) is 1.24. The number of piperidine rings is 1. The summed E-state index contributed by atoms with van der Waals surface area (Å²) in [5.74, 6) is 1.31. The van der Waals surface area contributed by atoms with E-state index in [2.05, 4.69) is 34.9 Å². The number of para-hydroxylation sites is 1. The summed E-state index contributed by atoms with van der Waals surface area (Å²) in [6, 6.07) is 20.1. The van der Waals surface area contributed by atoms with E-state index in [9.17, 15) is 0 Å². The summed E-state index contributed by atoms with van der Waals surface area (Å²) >= 11 is 12.6. The van der Waals surface area contributed by atoms with Gasteiger partial charge < -0.3 is 15.4 Å². The summed E-state index contributed by atoms with van der Waals surface area (Å²) in [7, 11) is 0. The van der Waals surface area contributed by atoms with Crippen LogP contribution in [0.25, 0.3) is 11.1 Å². The smallest absolute Gasteiger partial charge is 0.146 e. The highest BCUT2D eigenvalue weighted by atomic mass is 35.5. The summed E-state index contributed by atoms with van der Waals surface area (Å²) < 4.78 is 6.40. The fraction of sp³-hybridized carbons (Fsp3) is 0.217. The molecule has 0 aromatic heterocycles. The Morgan fingerprint density at radius 1 is 1.00 bits per heavy atom. The minimum absolute atomic E-state index is 0.225. The first-order valence-electron chi connectivity index (χ1n) is 9.52. The van der Waals surface area contributed by atoms with Crippen LogP contribution in [0.1, 0.15) is 17.9 Å². The van der Waals surface area contributed by atoms with Crippen molar-refractivity contribution >= 4 is 34.6 Å². The molecule has 1 saturated heterocycles. The Morgan fingerprint density at radius 2 is 1.86 bits per heavy atom. The Morgan fingerprint density at radius 3 is 2.68 bits per heavy atom. The molecule has 2 aliphatic rings. The maximum atomic E-state index is 6.52. The van der Waals surface area contributed by atoms with Crippen molar-refractivity contribution in [3.05, 3.63) is 76.3 Å². The SMILES string of the molecule is Clc1ccc(-c2cc(Nc3ccccc3)c3c(c2)[C@@H]2CNCC[C@@H]2O3)c(Cl)c1.